The molecule has 8 nitrogen and oxygen atoms in total. The number of nitrogens with one attached hydrogen (secondary N) is 2. The Kier molecular flexibility index (Phi) is 8.32. The van der Waals surface area contributed by atoms with Crippen molar-refractivity contribution in [3.63, 3.8) is 0 Å². The highest BCUT2D eigenvalue weighted by molar-refractivity contribution is 5.80. The molecule has 0 aliphatic carbocycles. The summed E-state index contributed by atoms with van der Waals surface area (Å²) in [5.41, 5.74) is 1.62. The topological polar surface area (TPSA) is 114 Å². The standard InChI is InChI=1S/C20H22N2O6/c23-18(24)17(22-20(26)28-14-16-9-5-2-6-10-16)11-12-21-19(25)27-13-15-7-3-1-4-8-15/h1-10,17H,11-14H2,(H,21,25)(H,22,26)(H,23,24)/t17-/m1/s1. The van der Waals surface area contributed by atoms with Crippen LogP contribution in [0.2, 0.25) is 0 Å². The largest absolute Gasteiger partial charge is 0.480 e. The van der Waals surface area contributed by atoms with Crippen LogP contribution in [0.15, 0.2) is 60.7 Å². The summed E-state index contributed by atoms with van der Waals surface area (Å²) in [5, 5.41) is 13.9. The van der Waals surface area contributed by atoms with E-state index in [-0.39, 0.29) is 26.2 Å². The van der Waals surface area contributed by atoms with E-state index in [0.29, 0.717) is 0 Å². The zero-order chi connectivity index (χ0) is 20.2. The number of carboxylic acid groups (broad SMARTS) is 1. The number of hydrogen-bond acceptors (Lipinski definition) is 5. The number of ether oxygens (including phenoxy) is 2. The van der Waals surface area contributed by atoms with E-state index in [1.54, 1.807) is 24.3 Å². The minimum atomic E-state index is -1.23. The van der Waals surface area contributed by atoms with Gasteiger partial charge in [-0.2, -0.15) is 0 Å². The maximum atomic E-state index is 11.8. The van der Waals surface area contributed by atoms with Crippen molar-refractivity contribution in [1.82, 2.24) is 10.6 Å². The number of carbonyl (C=O) groups excluding carboxylic acids is 2. The molecule has 8 heteroatoms. The Balaban J connectivity index is 1.68. The highest BCUT2D eigenvalue weighted by atomic mass is 16.6. The third-order valence-corrected chi connectivity index (χ3v) is 3.72. The first-order valence-corrected chi connectivity index (χ1v) is 8.69. The lowest BCUT2D eigenvalue weighted by Gasteiger charge is -2.15. The Morgan fingerprint density at radius 3 is 1.82 bits per heavy atom. The summed E-state index contributed by atoms with van der Waals surface area (Å²) in [6.45, 7) is 0.158. The fourth-order valence-electron chi connectivity index (χ4n) is 2.26. The van der Waals surface area contributed by atoms with Gasteiger partial charge in [0.25, 0.3) is 0 Å². The van der Waals surface area contributed by atoms with Gasteiger partial charge in [0.1, 0.15) is 19.3 Å². The fourth-order valence-corrected chi connectivity index (χ4v) is 2.26. The number of rotatable bonds is 9. The number of carboxylic acids is 1. The second-order valence-corrected chi connectivity index (χ2v) is 5.87. The van der Waals surface area contributed by atoms with E-state index in [9.17, 15) is 19.5 Å². The monoisotopic (exact) mass is 386 g/mol. The van der Waals surface area contributed by atoms with Crippen molar-refractivity contribution in [1.29, 1.82) is 0 Å². The molecule has 0 heterocycles. The Hall–Kier alpha value is -3.55. The van der Waals surface area contributed by atoms with Crippen molar-refractivity contribution < 1.29 is 29.0 Å². The molecule has 3 N–H and O–H groups in total. The maximum absolute atomic E-state index is 11.8. The molecular weight excluding hydrogens is 364 g/mol. The van der Waals surface area contributed by atoms with E-state index in [2.05, 4.69) is 10.6 Å². The normalized spacial score (nSPS) is 11.1. The van der Waals surface area contributed by atoms with E-state index in [4.69, 9.17) is 9.47 Å². The van der Waals surface area contributed by atoms with Crippen molar-refractivity contribution in [2.24, 2.45) is 0 Å². The molecule has 28 heavy (non-hydrogen) atoms. The third kappa shape index (κ3) is 7.77. The Morgan fingerprint density at radius 1 is 0.821 bits per heavy atom. The van der Waals surface area contributed by atoms with Gasteiger partial charge >= 0.3 is 18.2 Å². The number of amides is 2. The van der Waals surface area contributed by atoms with Crippen LogP contribution in [-0.4, -0.2) is 35.8 Å². The van der Waals surface area contributed by atoms with Gasteiger partial charge < -0.3 is 25.2 Å². The highest BCUT2D eigenvalue weighted by Gasteiger charge is 2.20. The van der Waals surface area contributed by atoms with E-state index in [1.165, 1.54) is 0 Å². The fraction of sp³-hybridized carbons (Fsp3) is 0.250. The first-order valence-electron chi connectivity index (χ1n) is 8.69. The molecule has 2 aromatic rings. The summed E-state index contributed by atoms with van der Waals surface area (Å²) in [6.07, 6.45) is -1.53. The summed E-state index contributed by atoms with van der Waals surface area (Å²) in [5.74, 6) is -1.23. The van der Waals surface area contributed by atoms with Crippen molar-refractivity contribution in [2.45, 2.75) is 25.7 Å². The predicted molar refractivity (Wildman–Crippen MR) is 100 cm³/mol. The van der Waals surface area contributed by atoms with Crippen LogP contribution in [0.3, 0.4) is 0 Å². The molecule has 0 saturated carbocycles. The Bertz CT molecular complexity index is 767. The van der Waals surface area contributed by atoms with E-state index in [0.717, 1.165) is 11.1 Å². The molecular formula is C20H22N2O6. The van der Waals surface area contributed by atoms with Gasteiger partial charge in [-0.15, -0.1) is 0 Å². The Morgan fingerprint density at radius 2 is 1.32 bits per heavy atom. The van der Waals surface area contributed by atoms with Crippen LogP contribution in [0.1, 0.15) is 17.5 Å². The first kappa shape index (κ1) is 20.8. The lowest BCUT2D eigenvalue weighted by Crippen LogP contribution is -2.43. The summed E-state index contributed by atoms with van der Waals surface area (Å²) in [6, 6.07) is 17.0. The summed E-state index contributed by atoms with van der Waals surface area (Å²) >= 11 is 0. The molecule has 0 saturated heterocycles. The second-order valence-electron chi connectivity index (χ2n) is 5.87. The van der Waals surface area contributed by atoms with E-state index >= 15 is 0 Å². The van der Waals surface area contributed by atoms with Gasteiger partial charge in [0.2, 0.25) is 0 Å². The number of benzene rings is 2. The Labute approximate surface area is 162 Å². The van der Waals surface area contributed by atoms with Gasteiger partial charge in [-0.1, -0.05) is 60.7 Å². The molecule has 2 amide bonds. The molecule has 0 fully saturated rings. The molecule has 2 rings (SSSR count). The lowest BCUT2D eigenvalue weighted by atomic mass is 10.2. The van der Waals surface area contributed by atoms with Crippen molar-refractivity contribution >= 4 is 18.2 Å². The highest BCUT2D eigenvalue weighted by Crippen LogP contribution is 2.02. The number of alkyl carbamates (subject to hydrolysis) is 2. The van der Waals surface area contributed by atoms with Crippen molar-refractivity contribution in [3.8, 4) is 0 Å². The molecule has 0 unspecified atom stereocenters. The van der Waals surface area contributed by atoms with E-state index < -0.39 is 24.2 Å². The van der Waals surface area contributed by atoms with Gasteiger partial charge in [0.15, 0.2) is 0 Å². The minimum Gasteiger partial charge on any atom is -0.480 e. The molecule has 0 aromatic heterocycles. The second kappa shape index (κ2) is 11.2. The van der Waals surface area contributed by atoms with Gasteiger partial charge in [-0.05, 0) is 17.5 Å². The SMILES string of the molecule is O=C(NCC[C@@H](NC(=O)OCc1ccccc1)C(=O)O)OCc1ccccc1. The minimum absolute atomic E-state index is 0.0174. The summed E-state index contributed by atoms with van der Waals surface area (Å²) < 4.78 is 10.0. The zero-order valence-electron chi connectivity index (χ0n) is 15.2. The molecule has 148 valence electrons. The zero-order valence-corrected chi connectivity index (χ0v) is 15.2. The van der Waals surface area contributed by atoms with Crippen LogP contribution in [-0.2, 0) is 27.5 Å². The van der Waals surface area contributed by atoms with Crippen LogP contribution in [0.25, 0.3) is 0 Å². The quantitative estimate of drug-likeness (QED) is 0.611. The lowest BCUT2D eigenvalue weighted by molar-refractivity contribution is -0.139. The molecule has 0 aliphatic heterocycles. The van der Waals surface area contributed by atoms with Crippen molar-refractivity contribution in [2.75, 3.05) is 6.54 Å². The third-order valence-electron chi connectivity index (χ3n) is 3.72. The van der Waals surface area contributed by atoms with Crippen LogP contribution in [0.4, 0.5) is 9.59 Å². The molecule has 1 atom stereocenters. The summed E-state index contributed by atoms with van der Waals surface area (Å²) in [4.78, 5) is 34.7. The van der Waals surface area contributed by atoms with Crippen LogP contribution in [0.5, 0.6) is 0 Å². The van der Waals surface area contributed by atoms with E-state index in [1.807, 2.05) is 36.4 Å². The average Bonchev–Trinajstić information content (AvgIpc) is 2.71. The predicted octanol–water partition coefficient (Wildman–Crippen LogP) is 2.68. The number of aliphatic carboxylic acids is 1. The van der Waals surface area contributed by atoms with Crippen molar-refractivity contribution in [3.05, 3.63) is 71.8 Å². The van der Waals surface area contributed by atoms with Gasteiger partial charge in [0, 0.05) is 6.54 Å². The number of hydrogen-bond donors (Lipinski definition) is 3. The molecule has 0 aliphatic rings. The van der Waals surface area contributed by atoms with Crippen LogP contribution < -0.4 is 10.6 Å². The molecule has 0 spiro atoms. The molecule has 0 bridgehead atoms. The number of carbonyl (C=O) groups is 3. The van der Waals surface area contributed by atoms with Crippen LogP contribution in [0, 0.1) is 0 Å². The summed E-state index contributed by atoms with van der Waals surface area (Å²) in [7, 11) is 0. The van der Waals surface area contributed by atoms with Gasteiger partial charge in [0.05, 0.1) is 0 Å². The first-order chi connectivity index (χ1) is 13.5. The van der Waals surface area contributed by atoms with Gasteiger partial charge in [-0.3, -0.25) is 0 Å². The van der Waals surface area contributed by atoms with Gasteiger partial charge in [-0.25, -0.2) is 14.4 Å². The molecule has 0 radical (unpaired) electrons. The molecule has 2 aromatic carbocycles. The maximum Gasteiger partial charge on any atom is 0.408 e. The van der Waals surface area contributed by atoms with Crippen LogP contribution >= 0.6 is 0 Å². The smallest absolute Gasteiger partial charge is 0.408 e. The average molecular weight is 386 g/mol.